The SMILES string of the molecule is N#Cc1ccc2c(c1)C(C1=CCCCC1)=NC(O)c1nccn1-2. The molecule has 4 rings (SSSR count). The highest BCUT2D eigenvalue weighted by atomic mass is 16.3. The minimum Gasteiger partial charge on any atom is -0.365 e. The lowest BCUT2D eigenvalue weighted by Crippen LogP contribution is -2.11. The molecule has 1 aromatic carbocycles. The maximum atomic E-state index is 10.5. The van der Waals surface area contributed by atoms with Gasteiger partial charge in [0.25, 0.3) is 0 Å². The molecule has 1 unspecified atom stereocenters. The van der Waals surface area contributed by atoms with Gasteiger partial charge in [0.15, 0.2) is 5.82 Å². The molecule has 5 heteroatoms. The third-order valence-electron chi connectivity index (χ3n) is 4.39. The zero-order chi connectivity index (χ0) is 15.8. The van der Waals surface area contributed by atoms with E-state index in [9.17, 15) is 10.4 Å². The van der Waals surface area contributed by atoms with E-state index in [0.717, 1.165) is 41.8 Å². The number of benzene rings is 1. The van der Waals surface area contributed by atoms with Crippen molar-refractivity contribution >= 4 is 5.71 Å². The molecule has 0 fully saturated rings. The second-order valence-corrected chi connectivity index (χ2v) is 5.83. The van der Waals surface area contributed by atoms with Gasteiger partial charge in [-0.3, -0.25) is 4.57 Å². The Morgan fingerprint density at radius 3 is 3.00 bits per heavy atom. The molecule has 5 nitrogen and oxygen atoms in total. The van der Waals surface area contributed by atoms with Gasteiger partial charge >= 0.3 is 0 Å². The van der Waals surface area contributed by atoms with E-state index >= 15 is 0 Å². The summed E-state index contributed by atoms with van der Waals surface area (Å²) < 4.78 is 1.85. The third-order valence-corrected chi connectivity index (χ3v) is 4.39. The Morgan fingerprint density at radius 1 is 1.30 bits per heavy atom. The maximum Gasteiger partial charge on any atom is 0.205 e. The number of hydrogen-bond donors (Lipinski definition) is 1. The first kappa shape index (κ1) is 13.9. The zero-order valence-corrected chi connectivity index (χ0v) is 12.6. The summed E-state index contributed by atoms with van der Waals surface area (Å²) in [6.07, 6.45) is 8.96. The second kappa shape index (κ2) is 5.49. The van der Waals surface area contributed by atoms with Crippen LogP contribution in [0.2, 0.25) is 0 Å². The lowest BCUT2D eigenvalue weighted by molar-refractivity contribution is 0.177. The number of fused-ring (bicyclic) bond motifs is 3. The fraction of sp³-hybridized carbons (Fsp3) is 0.278. The molecule has 114 valence electrons. The van der Waals surface area contributed by atoms with Crippen molar-refractivity contribution in [3.05, 3.63) is 59.2 Å². The largest absolute Gasteiger partial charge is 0.365 e. The number of nitrogens with zero attached hydrogens (tertiary/aromatic N) is 4. The van der Waals surface area contributed by atoms with Gasteiger partial charge in [-0.25, -0.2) is 9.98 Å². The highest BCUT2D eigenvalue weighted by Gasteiger charge is 2.25. The van der Waals surface area contributed by atoms with Crippen molar-refractivity contribution in [2.75, 3.05) is 0 Å². The van der Waals surface area contributed by atoms with Crippen LogP contribution in [0.25, 0.3) is 5.69 Å². The average Bonchev–Trinajstić information content (AvgIpc) is 3.05. The van der Waals surface area contributed by atoms with E-state index in [-0.39, 0.29) is 0 Å². The minimum atomic E-state index is -0.999. The number of aliphatic imine (C=N–C) groups is 1. The van der Waals surface area contributed by atoms with Gasteiger partial charge in [0.1, 0.15) is 0 Å². The molecular formula is C18H16N4O. The summed E-state index contributed by atoms with van der Waals surface area (Å²) in [5, 5.41) is 19.7. The lowest BCUT2D eigenvalue weighted by atomic mass is 9.91. The fourth-order valence-electron chi connectivity index (χ4n) is 3.27. The van der Waals surface area contributed by atoms with Gasteiger partial charge < -0.3 is 5.11 Å². The Balaban J connectivity index is 1.98. The van der Waals surface area contributed by atoms with E-state index in [0.29, 0.717) is 11.4 Å². The molecule has 2 aliphatic rings. The molecule has 2 heterocycles. The van der Waals surface area contributed by atoms with E-state index in [1.165, 1.54) is 6.42 Å². The van der Waals surface area contributed by atoms with Crippen LogP contribution < -0.4 is 0 Å². The molecule has 1 aliphatic carbocycles. The van der Waals surface area contributed by atoms with Crippen molar-refractivity contribution < 1.29 is 5.11 Å². The standard InChI is InChI=1S/C18H16N4O/c19-11-12-6-7-15-14(10-12)16(13-4-2-1-3-5-13)21-18(23)17-20-8-9-22(15)17/h4,6-10,18,23H,1-3,5H2. The Hall–Kier alpha value is -2.71. The van der Waals surface area contributed by atoms with Crippen LogP contribution in [-0.4, -0.2) is 20.4 Å². The van der Waals surface area contributed by atoms with Gasteiger partial charge in [-0.1, -0.05) is 6.08 Å². The molecular weight excluding hydrogens is 288 g/mol. The molecule has 0 amide bonds. The van der Waals surface area contributed by atoms with Crippen LogP contribution in [0.1, 0.15) is 48.9 Å². The number of rotatable bonds is 1. The fourth-order valence-corrected chi connectivity index (χ4v) is 3.27. The van der Waals surface area contributed by atoms with E-state index < -0.39 is 6.23 Å². The lowest BCUT2D eigenvalue weighted by Gasteiger charge is -2.17. The van der Waals surface area contributed by atoms with Crippen molar-refractivity contribution in [2.45, 2.75) is 31.9 Å². The summed E-state index contributed by atoms with van der Waals surface area (Å²) in [6.45, 7) is 0. The number of aliphatic hydroxyl groups excluding tert-OH is 1. The molecule has 1 aromatic heterocycles. The minimum absolute atomic E-state index is 0.502. The van der Waals surface area contributed by atoms with Crippen LogP contribution in [0.4, 0.5) is 0 Å². The van der Waals surface area contributed by atoms with Crippen molar-refractivity contribution in [3.8, 4) is 11.8 Å². The highest BCUT2D eigenvalue weighted by molar-refractivity contribution is 6.15. The molecule has 0 radical (unpaired) electrons. The summed E-state index contributed by atoms with van der Waals surface area (Å²) in [5.41, 5.74) is 4.31. The molecule has 23 heavy (non-hydrogen) atoms. The monoisotopic (exact) mass is 304 g/mol. The number of aromatic nitrogens is 2. The maximum absolute atomic E-state index is 10.5. The highest BCUT2D eigenvalue weighted by Crippen LogP contribution is 2.32. The molecule has 1 atom stereocenters. The Morgan fingerprint density at radius 2 is 2.22 bits per heavy atom. The Bertz CT molecular complexity index is 869. The predicted octanol–water partition coefficient (Wildman–Crippen LogP) is 3.04. The summed E-state index contributed by atoms with van der Waals surface area (Å²) in [5.74, 6) is 0.502. The first-order valence-electron chi connectivity index (χ1n) is 7.81. The normalized spacial score (nSPS) is 19.7. The number of hydrogen-bond acceptors (Lipinski definition) is 4. The molecule has 0 spiro atoms. The van der Waals surface area contributed by atoms with Gasteiger partial charge in [0.2, 0.25) is 6.23 Å². The number of imidazole rings is 1. The summed E-state index contributed by atoms with van der Waals surface area (Å²) in [7, 11) is 0. The van der Waals surface area contributed by atoms with Crippen LogP contribution in [0, 0.1) is 11.3 Å². The van der Waals surface area contributed by atoms with Crippen molar-refractivity contribution in [1.82, 2.24) is 9.55 Å². The predicted molar refractivity (Wildman–Crippen MR) is 86.3 cm³/mol. The van der Waals surface area contributed by atoms with E-state index in [1.54, 1.807) is 12.3 Å². The van der Waals surface area contributed by atoms with E-state index in [4.69, 9.17) is 0 Å². The first-order valence-corrected chi connectivity index (χ1v) is 7.81. The average molecular weight is 304 g/mol. The Kier molecular flexibility index (Phi) is 3.32. The van der Waals surface area contributed by atoms with Gasteiger partial charge in [-0.15, -0.1) is 0 Å². The van der Waals surface area contributed by atoms with Gasteiger partial charge in [-0.05, 0) is 49.5 Å². The van der Waals surface area contributed by atoms with Crippen molar-refractivity contribution in [2.24, 2.45) is 4.99 Å². The van der Waals surface area contributed by atoms with Gasteiger partial charge in [0.05, 0.1) is 23.0 Å². The number of allylic oxidation sites excluding steroid dienone is 2. The van der Waals surface area contributed by atoms with Crippen LogP contribution in [0.15, 0.2) is 47.2 Å². The zero-order valence-electron chi connectivity index (χ0n) is 12.6. The smallest absolute Gasteiger partial charge is 0.205 e. The number of aliphatic hydroxyl groups is 1. The van der Waals surface area contributed by atoms with E-state index in [2.05, 4.69) is 22.1 Å². The first-order chi connectivity index (χ1) is 11.3. The molecule has 1 aliphatic heterocycles. The summed E-state index contributed by atoms with van der Waals surface area (Å²) >= 11 is 0. The van der Waals surface area contributed by atoms with Crippen molar-refractivity contribution in [3.63, 3.8) is 0 Å². The summed E-state index contributed by atoms with van der Waals surface area (Å²) in [4.78, 5) is 8.78. The molecule has 2 aromatic rings. The Labute approximate surface area is 134 Å². The molecule has 0 bridgehead atoms. The van der Waals surface area contributed by atoms with Crippen LogP contribution in [-0.2, 0) is 0 Å². The van der Waals surface area contributed by atoms with E-state index in [1.807, 2.05) is 22.9 Å². The molecule has 1 N–H and O–H groups in total. The third kappa shape index (κ3) is 2.28. The second-order valence-electron chi connectivity index (χ2n) is 5.83. The van der Waals surface area contributed by atoms with Crippen molar-refractivity contribution in [1.29, 1.82) is 5.26 Å². The van der Waals surface area contributed by atoms with Crippen LogP contribution >= 0.6 is 0 Å². The number of nitriles is 1. The van der Waals surface area contributed by atoms with Crippen LogP contribution in [0.5, 0.6) is 0 Å². The topological polar surface area (TPSA) is 74.2 Å². The molecule has 0 saturated carbocycles. The van der Waals surface area contributed by atoms with Gasteiger partial charge in [0, 0.05) is 18.0 Å². The van der Waals surface area contributed by atoms with Gasteiger partial charge in [-0.2, -0.15) is 5.26 Å². The quantitative estimate of drug-likeness (QED) is 0.880. The molecule has 0 saturated heterocycles. The summed E-state index contributed by atoms with van der Waals surface area (Å²) in [6, 6.07) is 7.72. The van der Waals surface area contributed by atoms with Crippen LogP contribution in [0.3, 0.4) is 0 Å².